The van der Waals surface area contributed by atoms with Gasteiger partial charge in [-0.25, -0.2) is 4.98 Å². The number of carbonyl (C=O) groups excluding carboxylic acids is 1. The van der Waals surface area contributed by atoms with Crippen molar-refractivity contribution in [2.75, 3.05) is 13.2 Å². The number of aromatic nitrogens is 1. The van der Waals surface area contributed by atoms with Crippen molar-refractivity contribution in [3.8, 4) is 5.88 Å². The molecule has 1 aliphatic heterocycles. The lowest BCUT2D eigenvalue weighted by Gasteiger charge is -2.23. The average molecular weight is 381 g/mol. The Balaban J connectivity index is 1.61. The molecule has 132 valence electrons. The summed E-state index contributed by atoms with van der Waals surface area (Å²) in [4.78, 5) is 16.5. The normalized spacial score (nSPS) is 15.0. The Morgan fingerprint density at radius 1 is 1.24 bits per heavy atom. The lowest BCUT2D eigenvalue weighted by molar-refractivity contribution is 0.0238. The summed E-state index contributed by atoms with van der Waals surface area (Å²) in [5.74, 6) is 0.0724. The summed E-state index contributed by atoms with van der Waals surface area (Å²) < 4.78 is 11.1. The molecule has 1 aromatic heterocycles. The number of benzene rings is 1. The number of ether oxygens (including phenoxy) is 2. The maximum Gasteiger partial charge on any atom is 0.253 e. The Kier molecular flexibility index (Phi) is 6.13. The molecule has 1 aromatic carbocycles. The van der Waals surface area contributed by atoms with Crippen molar-refractivity contribution < 1.29 is 14.3 Å². The van der Waals surface area contributed by atoms with Crippen molar-refractivity contribution in [2.45, 2.75) is 25.5 Å². The van der Waals surface area contributed by atoms with Gasteiger partial charge in [-0.3, -0.25) is 4.79 Å². The number of halogens is 2. The van der Waals surface area contributed by atoms with Gasteiger partial charge in [0.1, 0.15) is 11.1 Å². The fourth-order valence-corrected chi connectivity index (χ4v) is 2.92. The van der Waals surface area contributed by atoms with Crippen LogP contribution >= 0.6 is 23.2 Å². The standard InChI is InChI=1S/C18H18Cl2N2O3/c19-15-4-2-1-3-12(15)10-21-17(23)13-9-16(20)18(22-11-13)25-14-5-7-24-8-6-14/h1-4,9,11,14H,5-8,10H2,(H,21,23). The molecule has 1 amide bonds. The molecular formula is C18H18Cl2N2O3. The van der Waals surface area contributed by atoms with E-state index in [1.165, 1.54) is 6.20 Å². The summed E-state index contributed by atoms with van der Waals surface area (Å²) in [5, 5.41) is 3.73. The summed E-state index contributed by atoms with van der Waals surface area (Å²) in [6.45, 7) is 1.67. The largest absolute Gasteiger partial charge is 0.473 e. The van der Waals surface area contributed by atoms with Crippen LogP contribution in [0.25, 0.3) is 0 Å². The van der Waals surface area contributed by atoms with Gasteiger partial charge >= 0.3 is 0 Å². The van der Waals surface area contributed by atoms with Crippen LogP contribution in [0.5, 0.6) is 5.88 Å². The molecule has 1 saturated heterocycles. The summed E-state index contributed by atoms with van der Waals surface area (Å²) in [6.07, 6.45) is 3.11. The number of amides is 1. The van der Waals surface area contributed by atoms with Crippen LogP contribution in [0.2, 0.25) is 10.0 Å². The summed E-state index contributed by atoms with van der Waals surface area (Å²) in [5.41, 5.74) is 1.22. The highest BCUT2D eigenvalue weighted by atomic mass is 35.5. The van der Waals surface area contributed by atoms with Gasteiger partial charge in [0, 0.05) is 30.6 Å². The third kappa shape index (κ3) is 4.84. The fourth-order valence-electron chi connectivity index (χ4n) is 2.51. The van der Waals surface area contributed by atoms with Gasteiger partial charge in [-0.15, -0.1) is 0 Å². The second-order valence-electron chi connectivity index (χ2n) is 5.71. The zero-order valence-electron chi connectivity index (χ0n) is 13.5. The minimum Gasteiger partial charge on any atom is -0.473 e. The van der Waals surface area contributed by atoms with Crippen molar-refractivity contribution in [3.63, 3.8) is 0 Å². The zero-order valence-corrected chi connectivity index (χ0v) is 15.0. The van der Waals surface area contributed by atoms with Crippen LogP contribution in [0.15, 0.2) is 36.5 Å². The average Bonchev–Trinajstić information content (AvgIpc) is 2.63. The molecule has 0 saturated carbocycles. The zero-order chi connectivity index (χ0) is 17.6. The van der Waals surface area contributed by atoms with E-state index in [-0.39, 0.29) is 12.0 Å². The van der Waals surface area contributed by atoms with Gasteiger partial charge in [-0.1, -0.05) is 41.4 Å². The van der Waals surface area contributed by atoms with Crippen molar-refractivity contribution in [1.82, 2.24) is 10.3 Å². The number of hydrogen-bond acceptors (Lipinski definition) is 4. The molecule has 0 spiro atoms. The molecule has 0 unspecified atom stereocenters. The molecule has 1 fully saturated rings. The predicted octanol–water partition coefficient (Wildman–Crippen LogP) is 3.88. The van der Waals surface area contributed by atoms with Gasteiger partial charge in [0.15, 0.2) is 0 Å². The monoisotopic (exact) mass is 380 g/mol. The van der Waals surface area contributed by atoms with E-state index >= 15 is 0 Å². The Labute approximate surface area is 156 Å². The van der Waals surface area contributed by atoms with Crippen LogP contribution < -0.4 is 10.1 Å². The molecule has 2 heterocycles. The highest BCUT2D eigenvalue weighted by Gasteiger charge is 2.18. The topological polar surface area (TPSA) is 60.5 Å². The minimum absolute atomic E-state index is 0.0404. The second-order valence-corrected chi connectivity index (χ2v) is 6.53. The molecule has 0 radical (unpaired) electrons. The first-order chi connectivity index (χ1) is 12.1. The lowest BCUT2D eigenvalue weighted by Crippen LogP contribution is -2.26. The SMILES string of the molecule is O=C(NCc1ccccc1Cl)c1cnc(OC2CCOCC2)c(Cl)c1. The van der Waals surface area contributed by atoms with E-state index in [1.807, 2.05) is 18.2 Å². The Hall–Kier alpha value is -1.82. The van der Waals surface area contributed by atoms with E-state index in [2.05, 4.69) is 10.3 Å². The van der Waals surface area contributed by atoms with Gasteiger partial charge in [-0.05, 0) is 17.7 Å². The van der Waals surface area contributed by atoms with E-state index in [1.54, 1.807) is 12.1 Å². The van der Waals surface area contributed by atoms with Crippen LogP contribution in [-0.2, 0) is 11.3 Å². The van der Waals surface area contributed by atoms with Crippen molar-refractivity contribution in [2.24, 2.45) is 0 Å². The lowest BCUT2D eigenvalue weighted by atomic mass is 10.1. The van der Waals surface area contributed by atoms with E-state index in [4.69, 9.17) is 32.7 Å². The van der Waals surface area contributed by atoms with Crippen LogP contribution in [-0.4, -0.2) is 30.2 Å². The Morgan fingerprint density at radius 2 is 2.00 bits per heavy atom. The molecule has 0 atom stereocenters. The maximum atomic E-state index is 12.3. The van der Waals surface area contributed by atoms with Crippen molar-refractivity contribution in [3.05, 3.63) is 57.7 Å². The number of carbonyl (C=O) groups is 1. The fraction of sp³-hybridized carbons (Fsp3) is 0.333. The first-order valence-electron chi connectivity index (χ1n) is 8.05. The first kappa shape index (κ1) is 18.0. The summed E-state index contributed by atoms with van der Waals surface area (Å²) in [7, 11) is 0. The molecule has 5 nitrogen and oxygen atoms in total. The summed E-state index contributed by atoms with van der Waals surface area (Å²) in [6, 6.07) is 8.91. The van der Waals surface area contributed by atoms with E-state index in [0.29, 0.717) is 41.2 Å². The Morgan fingerprint density at radius 3 is 2.72 bits per heavy atom. The van der Waals surface area contributed by atoms with Crippen LogP contribution in [0.1, 0.15) is 28.8 Å². The van der Waals surface area contributed by atoms with Gasteiger partial charge in [0.05, 0.1) is 18.8 Å². The van der Waals surface area contributed by atoms with Gasteiger partial charge in [-0.2, -0.15) is 0 Å². The molecule has 0 bridgehead atoms. The summed E-state index contributed by atoms with van der Waals surface area (Å²) >= 11 is 12.3. The molecule has 1 N–H and O–H groups in total. The first-order valence-corrected chi connectivity index (χ1v) is 8.80. The number of nitrogens with one attached hydrogen (secondary N) is 1. The van der Waals surface area contributed by atoms with Gasteiger partial charge in [0.2, 0.25) is 5.88 Å². The number of rotatable bonds is 5. The Bertz CT molecular complexity index is 749. The number of nitrogens with zero attached hydrogens (tertiary/aromatic N) is 1. The van der Waals surface area contributed by atoms with Crippen LogP contribution in [0.4, 0.5) is 0 Å². The smallest absolute Gasteiger partial charge is 0.253 e. The van der Waals surface area contributed by atoms with Crippen molar-refractivity contribution >= 4 is 29.1 Å². The van der Waals surface area contributed by atoms with Gasteiger partial charge in [0.25, 0.3) is 5.91 Å². The quantitative estimate of drug-likeness (QED) is 0.854. The third-order valence-electron chi connectivity index (χ3n) is 3.91. The van der Waals surface area contributed by atoms with Crippen LogP contribution in [0, 0.1) is 0 Å². The van der Waals surface area contributed by atoms with Crippen LogP contribution in [0.3, 0.4) is 0 Å². The molecule has 7 heteroatoms. The molecule has 1 aliphatic rings. The number of pyridine rings is 1. The van der Waals surface area contributed by atoms with E-state index < -0.39 is 0 Å². The highest BCUT2D eigenvalue weighted by Crippen LogP contribution is 2.25. The van der Waals surface area contributed by atoms with E-state index in [9.17, 15) is 4.79 Å². The number of hydrogen-bond donors (Lipinski definition) is 1. The molecular weight excluding hydrogens is 363 g/mol. The third-order valence-corrected chi connectivity index (χ3v) is 4.55. The van der Waals surface area contributed by atoms with E-state index in [0.717, 1.165) is 18.4 Å². The van der Waals surface area contributed by atoms with Crippen molar-refractivity contribution in [1.29, 1.82) is 0 Å². The predicted molar refractivity (Wildman–Crippen MR) is 96.3 cm³/mol. The second kappa shape index (κ2) is 8.52. The molecule has 3 rings (SSSR count). The van der Waals surface area contributed by atoms with Gasteiger partial charge < -0.3 is 14.8 Å². The molecule has 0 aliphatic carbocycles. The minimum atomic E-state index is -0.271. The molecule has 2 aromatic rings. The highest BCUT2D eigenvalue weighted by molar-refractivity contribution is 6.32. The maximum absolute atomic E-state index is 12.3. The molecule has 25 heavy (non-hydrogen) atoms.